The molecule has 0 bridgehead atoms. The Labute approximate surface area is 184 Å². The maximum absolute atomic E-state index is 14.3. The van der Waals surface area contributed by atoms with Gasteiger partial charge in [0.25, 0.3) is 0 Å². The summed E-state index contributed by atoms with van der Waals surface area (Å²) in [5, 5.41) is 14.8. The molecule has 1 aliphatic carbocycles. The number of rotatable bonds is 9. The summed E-state index contributed by atoms with van der Waals surface area (Å²) in [6.07, 6.45) is 5.85. The minimum absolute atomic E-state index is 0.264. The first-order chi connectivity index (χ1) is 15.7. The van der Waals surface area contributed by atoms with Crippen LogP contribution in [0, 0.1) is 23.6 Å². The number of methoxy groups -OCH3 is 1. The Morgan fingerprint density at radius 3 is 2.88 bits per heavy atom. The van der Waals surface area contributed by atoms with E-state index in [1.165, 1.54) is 23.5 Å². The summed E-state index contributed by atoms with van der Waals surface area (Å²) < 4.78 is 31.8. The van der Waals surface area contributed by atoms with Crippen LogP contribution in [0.2, 0.25) is 0 Å². The van der Waals surface area contributed by atoms with Gasteiger partial charge in [0.1, 0.15) is 12.9 Å². The van der Waals surface area contributed by atoms with Crippen LogP contribution in [0.25, 0.3) is 5.69 Å². The standard InChI is InChI=1S/C21H26FN7O3/c1-30-12-20-24-21(32-25-20)28-7-4-14(5-8-28)17-10-15(17)6-9-31-19-3-2-16(11-18(19)22)29-13-23-26-27-29/h2-3,11,13-15,17H,4-10,12H2,1H3/t15-,17+/m1/s1. The van der Waals surface area contributed by atoms with Crippen LogP contribution in [0.4, 0.5) is 10.4 Å². The van der Waals surface area contributed by atoms with Crippen molar-refractivity contribution in [1.29, 1.82) is 0 Å². The first-order valence-corrected chi connectivity index (χ1v) is 10.9. The summed E-state index contributed by atoms with van der Waals surface area (Å²) in [4.78, 5) is 6.54. The molecule has 0 unspecified atom stereocenters. The smallest absolute Gasteiger partial charge is 0.324 e. The number of nitrogens with zero attached hydrogens (tertiary/aromatic N) is 7. The summed E-state index contributed by atoms with van der Waals surface area (Å²) in [6, 6.07) is 5.33. The Kier molecular flexibility index (Phi) is 5.97. The minimum Gasteiger partial charge on any atom is -0.491 e. The van der Waals surface area contributed by atoms with E-state index in [1.54, 1.807) is 19.2 Å². The highest BCUT2D eigenvalue weighted by Gasteiger charge is 2.43. The van der Waals surface area contributed by atoms with Crippen LogP contribution < -0.4 is 9.64 Å². The highest BCUT2D eigenvalue weighted by atomic mass is 19.1. The molecule has 1 aliphatic heterocycles. The lowest BCUT2D eigenvalue weighted by Crippen LogP contribution is -2.34. The molecule has 2 atom stereocenters. The lowest BCUT2D eigenvalue weighted by atomic mass is 9.90. The van der Waals surface area contributed by atoms with Crippen LogP contribution in [0.3, 0.4) is 0 Å². The van der Waals surface area contributed by atoms with E-state index in [0.717, 1.165) is 38.3 Å². The van der Waals surface area contributed by atoms with Crippen molar-refractivity contribution in [2.75, 3.05) is 31.7 Å². The summed E-state index contributed by atoms with van der Waals surface area (Å²) in [5.41, 5.74) is 0.559. The number of anilines is 1. The second-order valence-electron chi connectivity index (χ2n) is 8.42. The second-order valence-corrected chi connectivity index (χ2v) is 8.42. The fourth-order valence-corrected chi connectivity index (χ4v) is 4.61. The van der Waals surface area contributed by atoms with Gasteiger partial charge < -0.3 is 18.9 Å². The lowest BCUT2D eigenvalue weighted by molar-refractivity contribution is 0.174. The van der Waals surface area contributed by atoms with Crippen molar-refractivity contribution in [2.45, 2.75) is 32.3 Å². The predicted molar refractivity (Wildman–Crippen MR) is 111 cm³/mol. The van der Waals surface area contributed by atoms with Crippen molar-refractivity contribution in [2.24, 2.45) is 17.8 Å². The fraction of sp³-hybridized carbons (Fsp3) is 0.571. The van der Waals surface area contributed by atoms with E-state index >= 15 is 0 Å². The summed E-state index contributed by atoms with van der Waals surface area (Å²) in [5.74, 6) is 2.54. The van der Waals surface area contributed by atoms with Crippen LogP contribution in [0.5, 0.6) is 5.75 Å². The van der Waals surface area contributed by atoms with Gasteiger partial charge in [0, 0.05) is 26.3 Å². The summed E-state index contributed by atoms with van der Waals surface area (Å²) in [7, 11) is 1.61. The summed E-state index contributed by atoms with van der Waals surface area (Å²) >= 11 is 0. The Bertz CT molecular complexity index is 1020. The first kappa shape index (κ1) is 20.8. The molecule has 2 aromatic heterocycles. The number of hydrogen-bond donors (Lipinski definition) is 0. The maximum Gasteiger partial charge on any atom is 0.324 e. The van der Waals surface area contributed by atoms with E-state index in [-0.39, 0.29) is 5.75 Å². The van der Waals surface area contributed by atoms with Gasteiger partial charge >= 0.3 is 6.01 Å². The van der Waals surface area contributed by atoms with Crippen molar-refractivity contribution < 1.29 is 18.4 Å². The van der Waals surface area contributed by atoms with Crippen LogP contribution in [-0.2, 0) is 11.3 Å². The quantitative estimate of drug-likeness (QED) is 0.493. The number of benzene rings is 1. The molecule has 1 aromatic carbocycles. The van der Waals surface area contributed by atoms with Gasteiger partial charge in [-0.05, 0) is 66.0 Å². The fourth-order valence-electron chi connectivity index (χ4n) is 4.61. The topological polar surface area (TPSA) is 104 Å². The third-order valence-corrected chi connectivity index (χ3v) is 6.40. The number of aromatic nitrogens is 6. The SMILES string of the molecule is COCc1noc(N2CCC([C@@H]3C[C@H]3CCOc3ccc(-n4cnnn4)cc3F)CC2)n1. The van der Waals surface area contributed by atoms with Gasteiger partial charge in [0.05, 0.1) is 12.3 Å². The van der Waals surface area contributed by atoms with Gasteiger partial charge in [-0.25, -0.2) is 9.07 Å². The van der Waals surface area contributed by atoms with Gasteiger partial charge in [-0.1, -0.05) is 5.16 Å². The Hall–Kier alpha value is -3.08. The largest absolute Gasteiger partial charge is 0.491 e. The number of ether oxygens (including phenoxy) is 2. The number of tetrazole rings is 1. The Morgan fingerprint density at radius 1 is 1.25 bits per heavy atom. The molecule has 1 saturated heterocycles. The van der Waals surface area contributed by atoms with E-state index in [9.17, 15) is 4.39 Å². The molecular weight excluding hydrogens is 417 g/mol. The van der Waals surface area contributed by atoms with Gasteiger partial charge in [-0.2, -0.15) is 4.98 Å². The number of hydrogen-bond acceptors (Lipinski definition) is 9. The molecule has 2 fully saturated rings. The van der Waals surface area contributed by atoms with Crippen molar-refractivity contribution >= 4 is 6.01 Å². The minimum atomic E-state index is -0.410. The van der Waals surface area contributed by atoms with E-state index in [4.69, 9.17) is 14.0 Å². The normalized spacial score (nSPS) is 21.1. The molecule has 5 rings (SSSR count). The third-order valence-electron chi connectivity index (χ3n) is 6.40. The zero-order valence-electron chi connectivity index (χ0n) is 17.9. The van der Waals surface area contributed by atoms with Gasteiger partial charge in [-0.3, -0.25) is 0 Å². The van der Waals surface area contributed by atoms with E-state index in [2.05, 4.69) is 30.6 Å². The highest BCUT2D eigenvalue weighted by molar-refractivity contribution is 5.37. The van der Waals surface area contributed by atoms with Crippen LogP contribution in [-0.4, -0.2) is 57.2 Å². The van der Waals surface area contributed by atoms with Crippen LogP contribution >= 0.6 is 0 Å². The molecule has 11 heteroatoms. The van der Waals surface area contributed by atoms with Crippen LogP contribution in [0.15, 0.2) is 29.0 Å². The zero-order chi connectivity index (χ0) is 21.9. The van der Waals surface area contributed by atoms with E-state index in [1.807, 2.05) is 0 Å². The van der Waals surface area contributed by atoms with Gasteiger partial charge in [0.15, 0.2) is 17.4 Å². The average Bonchev–Trinajstić information content (AvgIpc) is 3.17. The molecule has 0 N–H and O–H groups in total. The Balaban J connectivity index is 1.04. The second kappa shape index (κ2) is 9.19. The van der Waals surface area contributed by atoms with Crippen LogP contribution in [0.1, 0.15) is 31.5 Å². The third kappa shape index (κ3) is 4.57. The molecule has 3 heterocycles. The average molecular weight is 443 g/mol. The van der Waals surface area contributed by atoms with Gasteiger partial charge in [-0.15, -0.1) is 5.10 Å². The van der Waals surface area contributed by atoms with E-state index in [0.29, 0.717) is 42.6 Å². The highest BCUT2D eigenvalue weighted by Crippen LogP contribution is 2.50. The van der Waals surface area contributed by atoms with Crippen molar-refractivity contribution in [3.05, 3.63) is 36.2 Å². The van der Waals surface area contributed by atoms with Gasteiger partial charge in [0.2, 0.25) is 0 Å². The molecule has 10 nitrogen and oxygen atoms in total. The molecule has 170 valence electrons. The molecule has 32 heavy (non-hydrogen) atoms. The van der Waals surface area contributed by atoms with Crippen molar-refractivity contribution in [1.82, 2.24) is 30.3 Å². The predicted octanol–water partition coefficient (Wildman–Crippen LogP) is 2.65. The van der Waals surface area contributed by atoms with E-state index < -0.39 is 5.82 Å². The molecule has 1 saturated carbocycles. The molecule has 0 spiro atoms. The number of halogens is 1. The molecule has 0 radical (unpaired) electrons. The summed E-state index contributed by atoms with van der Waals surface area (Å²) in [6.45, 7) is 2.74. The molecular formula is C21H26FN7O3. The lowest BCUT2D eigenvalue weighted by Gasteiger charge is -2.30. The molecule has 0 amide bonds. The van der Waals surface area contributed by atoms with Crippen molar-refractivity contribution in [3.8, 4) is 11.4 Å². The maximum atomic E-state index is 14.3. The first-order valence-electron chi connectivity index (χ1n) is 10.9. The number of piperidine rings is 1. The Morgan fingerprint density at radius 2 is 2.12 bits per heavy atom. The molecule has 3 aromatic rings. The monoisotopic (exact) mass is 443 g/mol. The zero-order valence-corrected chi connectivity index (χ0v) is 17.9. The molecule has 2 aliphatic rings. The van der Waals surface area contributed by atoms with Crippen molar-refractivity contribution in [3.63, 3.8) is 0 Å².